The minimum atomic E-state index is -0.488. The molecule has 0 aliphatic carbocycles. The van der Waals surface area contributed by atoms with E-state index in [0.717, 1.165) is 16.8 Å². The molecule has 0 spiro atoms. The van der Waals surface area contributed by atoms with Crippen LogP contribution in [0.25, 0.3) is 5.57 Å². The van der Waals surface area contributed by atoms with Gasteiger partial charge in [0.25, 0.3) is 0 Å². The van der Waals surface area contributed by atoms with Gasteiger partial charge in [0.1, 0.15) is 5.60 Å². The Morgan fingerprint density at radius 3 is 2.68 bits per heavy atom. The molecule has 3 rings (SSSR count). The van der Waals surface area contributed by atoms with Crippen LogP contribution in [0.2, 0.25) is 0 Å². The summed E-state index contributed by atoms with van der Waals surface area (Å²) in [6, 6.07) is 10.1. The molecule has 1 fully saturated rings. The fourth-order valence-corrected chi connectivity index (χ4v) is 3.39. The second-order valence-electron chi connectivity index (χ2n) is 9.12. The van der Waals surface area contributed by atoms with Crippen LogP contribution in [-0.2, 0) is 4.74 Å². The van der Waals surface area contributed by atoms with E-state index in [1.54, 1.807) is 17.3 Å². The van der Waals surface area contributed by atoms with Crippen LogP contribution in [0.3, 0.4) is 0 Å². The summed E-state index contributed by atoms with van der Waals surface area (Å²) in [6.45, 7) is 9.21. The monoisotopic (exact) mass is 461 g/mol. The molecule has 2 heterocycles. The number of carbonyl (C=O) groups excluding carboxylic acids is 1. The van der Waals surface area contributed by atoms with E-state index in [1.165, 1.54) is 6.20 Å². The number of hydrogen-bond donors (Lipinski definition) is 2. The van der Waals surface area contributed by atoms with Crippen LogP contribution in [0.5, 0.6) is 0 Å². The highest BCUT2D eigenvalue weighted by molar-refractivity contribution is 6.09. The quantitative estimate of drug-likeness (QED) is 0.468. The van der Waals surface area contributed by atoms with E-state index in [-0.39, 0.29) is 6.09 Å². The van der Waals surface area contributed by atoms with Gasteiger partial charge in [0.2, 0.25) is 5.95 Å². The van der Waals surface area contributed by atoms with E-state index in [2.05, 4.69) is 26.3 Å². The molecule has 9 nitrogen and oxygen atoms in total. The first kappa shape index (κ1) is 24.7. The van der Waals surface area contributed by atoms with Crippen molar-refractivity contribution in [3.05, 3.63) is 53.5 Å². The Balaban J connectivity index is 1.62. The van der Waals surface area contributed by atoms with E-state index in [4.69, 9.17) is 15.7 Å². The number of carbonyl (C=O) groups is 1. The molecule has 0 unspecified atom stereocenters. The molecule has 178 valence electrons. The average Bonchev–Trinajstić information content (AvgIpc) is 2.74. The first-order valence-corrected chi connectivity index (χ1v) is 11.2. The Kier molecular flexibility index (Phi) is 7.84. The Bertz CT molecular complexity index is 1110. The first-order valence-electron chi connectivity index (χ1n) is 11.2. The number of aromatic nitrogens is 2. The van der Waals surface area contributed by atoms with Gasteiger partial charge in [-0.3, -0.25) is 4.99 Å². The number of benzene rings is 1. The number of aryl methyl sites for hydroxylation is 1. The van der Waals surface area contributed by atoms with Crippen molar-refractivity contribution in [2.24, 2.45) is 10.7 Å². The summed E-state index contributed by atoms with van der Waals surface area (Å²) in [7, 11) is 0. The molecule has 34 heavy (non-hydrogen) atoms. The number of allylic oxidation sites excluding steroid dienone is 1. The fourth-order valence-electron chi connectivity index (χ4n) is 3.39. The maximum Gasteiger partial charge on any atom is 0.410 e. The van der Waals surface area contributed by atoms with E-state index in [9.17, 15) is 4.79 Å². The predicted octanol–water partition coefficient (Wildman–Crippen LogP) is 4.15. The molecule has 0 radical (unpaired) electrons. The molecule has 1 aromatic carbocycles. The van der Waals surface area contributed by atoms with Crippen molar-refractivity contribution in [2.45, 2.75) is 45.6 Å². The number of hydrogen-bond acceptors (Lipinski definition) is 8. The highest BCUT2D eigenvalue weighted by atomic mass is 16.6. The summed E-state index contributed by atoms with van der Waals surface area (Å²) in [5.74, 6) is 0.735. The molecule has 0 saturated carbocycles. The number of rotatable bonds is 7. The molecule has 3 N–H and O–H groups in total. The molecule has 1 aliphatic rings. The third-order valence-electron chi connectivity index (χ3n) is 5.18. The summed E-state index contributed by atoms with van der Waals surface area (Å²) < 4.78 is 5.42. The Morgan fingerprint density at radius 1 is 1.35 bits per heavy atom. The van der Waals surface area contributed by atoms with Gasteiger partial charge in [0.05, 0.1) is 24.7 Å². The molecule has 9 heteroatoms. The van der Waals surface area contributed by atoms with Crippen molar-refractivity contribution in [2.75, 3.05) is 25.0 Å². The molecule has 1 aliphatic heterocycles. The number of aliphatic imine (C=N–C) groups is 1. The van der Waals surface area contributed by atoms with Crippen molar-refractivity contribution in [3.63, 3.8) is 0 Å². The van der Waals surface area contributed by atoms with Crippen LogP contribution >= 0.6 is 0 Å². The molecular formula is C25H31N7O2. The van der Waals surface area contributed by atoms with Crippen molar-refractivity contribution >= 4 is 29.5 Å². The molecular weight excluding hydrogens is 430 g/mol. The second-order valence-corrected chi connectivity index (χ2v) is 9.12. The van der Waals surface area contributed by atoms with Gasteiger partial charge in [-0.25, -0.2) is 14.8 Å². The van der Waals surface area contributed by atoms with Crippen molar-refractivity contribution < 1.29 is 9.53 Å². The number of ether oxygens (including phenoxy) is 1. The first-order chi connectivity index (χ1) is 16.2. The Labute approximate surface area is 200 Å². The fraction of sp³-hybridized carbons (Fsp3) is 0.400. The number of nitrogens with zero attached hydrogens (tertiary/aromatic N) is 5. The predicted molar refractivity (Wildman–Crippen MR) is 133 cm³/mol. The minimum absolute atomic E-state index is 0.268. The SMILES string of the molecule is Cc1cnc(Nc2ccc(C3CN(C(=O)OC(C)(C)C)C3)cc2)nc1/C(C=NCCC#N)=C/N. The topological polar surface area (TPSA) is 130 Å². The summed E-state index contributed by atoms with van der Waals surface area (Å²) >= 11 is 0. The van der Waals surface area contributed by atoms with E-state index in [0.29, 0.717) is 49.2 Å². The summed E-state index contributed by atoms with van der Waals surface area (Å²) in [5.41, 5.74) is 9.51. The van der Waals surface area contributed by atoms with Crippen molar-refractivity contribution in [1.82, 2.24) is 14.9 Å². The number of nitrogens with one attached hydrogen (secondary N) is 1. The lowest BCUT2D eigenvalue weighted by Crippen LogP contribution is -2.50. The number of likely N-dealkylation sites (tertiary alicyclic amines) is 1. The van der Waals surface area contributed by atoms with E-state index < -0.39 is 5.60 Å². The maximum absolute atomic E-state index is 12.1. The molecule has 1 aromatic heterocycles. The van der Waals surface area contributed by atoms with Crippen LogP contribution in [-0.4, -0.2) is 52.4 Å². The molecule has 1 amide bonds. The van der Waals surface area contributed by atoms with Gasteiger partial charge in [-0.2, -0.15) is 5.26 Å². The lowest BCUT2D eigenvalue weighted by Gasteiger charge is -2.40. The second kappa shape index (κ2) is 10.8. The van der Waals surface area contributed by atoms with Crippen molar-refractivity contribution in [3.8, 4) is 6.07 Å². The maximum atomic E-state index is 12.1. The lowest BCUT2D eigenvalue weighted by atomic mass is 9.92. The number of nitrogens with two attached hydrogens (primary N) is 1. The zero-order valence-corrected chi connectivity index (χ0v) is 20.1. The third kappa shape index (κ3) is 6.54. The van der Waals surface area contributed by atoms with Gasteiger partial charge in [-0.1, -0.05) is 12.1 Å². The Hall–Kier alpha value is -3.93. The molecule has 0 bridgehead atoms. The number of anilines is 2. The molecule has 2 aromatic rings. The van der Waals surface area contributed by atoms with Gasteiger partial charge in [0, 0.05) is 48.9 Å². The van der Waals surface area contributed by atoms with Gasteiger partial charge >= 0.3 is 6.09 Å². The summed E-state index contributed by atoms with van der Waals surface area (Å²) in [6.07, 6.45) is 4.88. The summed E-state index contributed by atoms with van der Waals surface area (Å²) in [4.78, 5) is 27.0. The van der Waals surface area contributed by atoms with Crippen LogP contribution in [0.15, 0.2) is 41.7 Å². The molecule has 1 saturated heterocycles. The zero-order valence-electron chi connectivity index (χ0n) is 20.1. The Morgan fingerprint density at radius 2 is 2.06 bits per heavy atom. The van der Waals surface area contributed by atoms with Gasteiger partial charge in [-0.05, 0) is 51.0 Å². The average molecular weight is 462 g/mol. The van der Waals surface area contributed by atoms with E-state index >= 15 is 0 Å². The molecule has 0 atom stereocenters. The van der Waals surface area contributed by atoms with Crippen molar-refractivity contribution in [1.29, 1.82) is 5.26 Å². The third-order valence-corrected chi connectivity index (χ3v) is 5.18. The van der Waals surface area contributed by atoms with Gasteiger partial charge in [0.15, 0.2) is 0 Å². The van der Waals surface area contributed by atoms with Gasteiger partial charge < -0.3 is 20.7 Å². The van der Waals surface area contributed by atoms with Crippen LogP contribution in [0, 0.1) is 18.3 Å². The smallest absolute Gasteiger partial charge is 0.410 e. The zero-order chi connectivity index (χ0) is 24.7. The van der Waals surface area contributed by atoms with Crippen LogP contribution in [0.1, 0.15) is 49.9 Å². The highest BCUT2D eigenvalue weighted by Crippen LogP contribution is 2.29. The standard InChI is InChI=1S/C25H31N7O2/c1-17-13-29-23(31-22(17)19(12-27)14-28-11-5-10-26)30-21-8-6-18(7-9-21)20-15-32(16-20)24(33)34-25(2,3)4/h6-9,12-14,20H,5,11,15-16,27H2,1-4H3,(H,29,30,31)/b19-12+,28-14?. The van der Waals surface area contributed by atoms with E-state index in [1.807, 2.05) is 52.0 Å². The van der Waals surface area contributed by atoms with Gasteiger partial charge in [-0.15, -0.1) is 0 Å². The van der Waals surface area contributed by atoms with Crippen LogP contribution in [0.4, 0.5) is 16.4 Å². The largest absolute Gasteiger partial charge is 0.444 e. The van der Waals surface area contributed by atoms with Crippen LogP contribution < -0.4 is 11.1 Å². The normalized spacial score (nSPS) is 14.6. The minimum Gasteiger partial charge on any atom is -0.444 e. The highest BCUT2D eigenvalue weighted by Gasteiger charge is 2.34. The summed E-state index contributed by atoms with van der Waals surface area (Å²) in [5, 5.41) is 11.9. The number of nitriles is 1. The lowest BCUT2D eigenvalue weighted by molar-refractivity contribution is 0.00819. The number of amides is 1.